The van der Waals surface area contributed by atoms with Crippen molar-refractivity contribution in [3.05, 3.63) is 0 Å². The fraction of sp³-hybridized carbons (Fsp3) is 0.900. The van der Waals surface area contributed by atoms with Gasteiger partial charge < -0.3 is 14.7 Å². The van der Waals surface area contributed by atoms with E-state index in [9.17, 15) is 9.90 Å². The first-order valence-corrected chi connectivity index (χ1v) is 5.19. The van der Waals surface area contributed by atoms with Crippen LogP contribution in [0.1, 0.15) is 34.1 Å². The van der Waals surface area contributed by atoms with Crippen LogP contribution < -0.4 is 0 Å². The van der Waals surface area contributed by atoms with Crippen molar-refractivity contribution >= 4 is 6.09 Å². The summed E-state index contributed by atoms with van der Waals surface area (Å²) in [5.74, 6) is 0. The second-order valence-electron chi connectivity index (χ2n) is 3.37. The van der Waals surface area contributed by atoms with Crippen molar-refractivity contribution in [2.75, 3.05) is 19.7 Å². The Morgan fingerprint density at radius 3 is 2.50 bits per heavy atom. The van der Waals surface area contributed by atoms with Crippen LogP contribution in [0.25, 0.3) is 0 Å². The topological polar surface area (TPSA) is 49.8 Å². The lowest BCUT2D eigenvalue weighted by Gasteiger charge is -2.17. The van der Waals surface area contributed by atoms with E-state index in [-0.39, 0.29) is 6.09 Å². The molecule has 1 rings (SSSR count). The van der Waals surface area contributed by atoms with Crippen molar-refractivity contribution in [3.8, 4) is 0 Å². The van der Waals surface area contributed by atoms with Crippen molar-refractivity contribution in [3.63, 3.8) is 0 Å². The summed E-state index contributed by atoms with van der Waals surface area (Å²) >= 11 is 0. The van der Waals surface area contributed by atoms with Crippen molar-refractivity contribution in [1.82, 2.24) is 4.90 Å². The molecule has 1 heterocycles. The molecule has 0 aliphatic carbocycles. The van der Waals surface area contributed by atoms with Gasteiger partial charge in [-0.15, -0.1) is 0 Å². The van der Waals surface area contributed by atoms with Gasteiger partial charge in [-0.3, -0.25) is 0 Å². The van der Waals surface area contributed by atoms with Gasteiger partial charge in [-0.1, -0.05) is 13.8 Å². The maximum Gasteiger partial charge on any atom is 0.409 e. The first kappa shape index (κ1) is 13.2. The van der Waals surface area contributed by atoms with Crippen LogP contribution in [0.5, 0.6) is 0 Å². The van der Waals surface area contributed by atoms with Crippen LogP contribution in [-0.2, 0) is 4.74 Å². The molecule has 0 aromatic heterocycles. The molecular weight excluding hydrogens is 182 g/mol. The molecule has 0 radical (unpaired) electrons. The molecular formula is C10H21NO3. The summed E-state index contributed by atoms with van der Waals surface area (Å²) in [4.78, 5) is 12.7. The molecule has 0 spiro atoms. The summed E-state index contributed by atoms with van der Waals surface area (Å²) in [6.45, 7) is 8.85. The monoisotopic (exact) mass is 203 g/mol. The molecule has 1 amide bonds. The Labute approximate surface area is 85.9 Å². The molecule has 1 saturated heterocycles. The number of carbonyl (C=O) groups excluding carboxylic acids is 1. The Balaban J connectivity index is 0.000000791. The molecule has 1 aliphatic heterocycles. The zero-order valence-corrected chi connectivity index (χ0v) is 9.54. The summed E-state index contributed by atoms with van der Waals surface area (Å²) in [5, 5.41) is 9.53. The maximum absolute atomic E-state index is 11.1. The Bertz CT molecular complexity index is 180. The highest BCUT2D eigenvalue weighted by molar-refractivity contribution is 5.68. The highest BCUT2D eigenvalue weighted by atomic mass is 16.6. The zero-order valence-electron chi connectivity index (χ0n) is 9.54. The SMILES string of the molecule is CC.CCOC(=O)N1CCC(C)(O)C1. The average Bonchev–Trinajstić information content (AvgIpc) is 2.50. The van der Waals surface area contributed by atoms with Gasteiger partial charge in [-0.2, -0.15) is 0 Å². The molecule has 1 aliphatic rings. The molecule has 0 aromatic carbocycles. The third-order valence-electron chi connectivity index (χ3n) is 1.98. The molecule has 0 saturated carbocycles. The molecule has 1 N–H and O–H groups in total. The van der Waals surface area contributed by atoms with Gasteiger partial charge in [0.05, 0.1) is 18.8 Å². The summed E-state index contributed by atoms with van der Waals surface area (Å²) in [7, 11) is 0. The van der Waals surface area contributed by atoms with E-state index < -0.39 is 5.60 Å². The fourth-order valence-electron chi connectivity index (χ4n) is 1.32. The third-order valence-corrected chi connectivity index (χ3v) is 1.98. The quantitative estimate of drug-likeness (QED) is 0.704. The third kappa shape index (κ3) is 3.96. The number of ether oxygens (including phenoxy) is 1. The van der Waals surface area contributed by atoms with Crippen LogP contribution in [0, 0.1) is 0 Å². The normalized spacial score (nSPS) is 25.4. The number of nitrogens with zero attached hydrogens (tertiary/aromatic N) is 1. The van der Waals surface area contributed by atoms with E-state index >= 15 is 0 Å². The first-order chi connectivity index (χ1) is 6.55. The highest BCUT2D eigenvalue weighted by Gasteiger charge is 2.34. The molecule has 1 unspecified atom stereocenters. The predicted molar refractivity (Wildman–Crippen MR) is 55.2 cm³/mol. The van der Waals surface area contributed by atoms with Gasteiger partial charge in [0.15, 0.2) is 0 Å². The Morgan fingerprint density at radius 1 is 1.57 bits per heavy atom. The van der Waals surface area contributed by atoms with E-state index in [0.29, 0.717) is 26.1 Å². The minimum Gasteiger partial charge on any atom is -0.450 e. The van der Waals surface area contributed by atoms with E-state index in [1.807, 2.05) is 13.8 Å². The first-order valence-electron chi connectivity index (χ1n) is 5.19. The van der Waals surface area contributed by atoms with E-state index in [2.05, 4.69) is 0 Å². The number of hydrogen-bond acceptors (Lipinski definition) is 3. The average molecular weight is 203 g/mol. The standard InChI is InChI=1S/C8H15NO3.C2H6/c1-3-12-7(10)9-5-4-8(2,11)6-9;1-2/h11H,3-6H2,1-2H3;1-2H3. The van der Waals surface area contributed by atoms with Crippen molar-refractivity contribution in [2.24, 2.45) is 0 Å². The van der Waals surface area contributed by atoms with Gasteiger partial charge in [0, 0.05) is 6.54 Å². The smallest absolute Gasteiger partial charge is 0.409 e. The van der Waals surface area contributed by atoms with Crippen LogP contribution >= 0.6 is 0 Å². The molecule has 1 atom stereocenters. The minimum absolute atomic E-state index is 0.324. The van der Waals surface area contributed by atoms with E-state index in [1.54, 1.807) is 13.8 Å². The van der Waals surface area contributed by atoms with Crippen molar-refractivity contribution in [1.29, 1.82) is 0 Å². The minimum atomic E-state index is -0.729. The Kier molecular flexibility index (Phi) is 5.53. The largest absolute Gasteiger partial charge is 0.450 e. The van der Waals surface area contributed by atoms with Crippen LogP contribution in [0.2, 0.25) is 0 Å². The number of hydrogen-bond donors (Lipinski definition) is 1. The lowest BCUT2D eigenvalue weighted by atomic mass is 10.1. The van der Waals surface area contributed by atoms with Crippen molar-refractivity contribution in [2.45, 2.75) is 39.7 Å². The Hall–Kier alpha value is -0.770. The van der Waals surface area contributed by atoms with Gasteiger partial charge in [0.25, 0.3) is 0 Å². The van der Waals surface area contributed by atoms with Crippen molar-refractivity contribution < 1.29 is 14.6 Å². The summed E-state index contributed by atoms with van der Waals surface area (Å²) in [5.41, 5.74) is -0.729. The molecule has 1 fully saturated rings. The summed E-state index contributed by atoms with van der Waals surface area (Å²) < 4.78 is 4.80. The molecule has 14 heavy (non-hydrogen) atoms. The van der Waals surface area contributed by atoms with Gasteiger partial charge >= 0.3 is 6.09 Å². The van der Waals surface area contributed by atoms with Crippen LogP contribution in [0.15, 0.2) is 0 Å². The summed E-state index contributed by atoms with van der Waals surface area (Å²) in [6.07, 6.45) is 0.307. The molecule has 4 nitrogen and oxygen atoms in total. The fourth-order valence-corrected chi connectivity index (χ4v) is 1.32. The van der Waals surface area contributed by atoms with Gasteiger partial charge in [-0.05, 0) is 20.3 Å². The molecule has 84 valence electrons. The summed E-state index contributed by atoms with van der Waals surface area (Å²) in [6, 6.07) is 0. The highest BCUT2D eigenvalue weighted by Crippen LogP contribution is 2.20. The second kappa shape index (κ2) is 5.86. The number of β-amino-alcohol motifs (C(OH)–C–C–N with tert-alkyl or cyclic N) is 1. The van der Waals surface area contributed by atoms with Crippen LogP contribution in [0.4, 0.5) is 4.79 Å². The van der Waals surface area contributed by atoms with E-state index in [1.165, 1.54) is 4.90 Å². The van der Waals surface area contributed by atoms with Gasteiger partial charge in [0.1, 0.15) is 0 Å². The molecule has 0 bridgehead atoms. The number of amides is 1. The number of likely N-dealkylation sites (tertiary alicyclic amines) is 1. The molecule has 4 heteroatoms. The lowest BCUT2D eigenvalue weighted by Crippen LogP contribution is -2.34. The maximum atomic E-state index is 11.1. The van der Waals surface area contributed by atoms with Crippen LogP contribution in [-0.4, -0.2) is 41.4 Å². The number of aliphatic hydroxyl groups is 1. The van der Waals surface area contributed by atoms with Gasteiger partial charge in [0.2, 0.25) is 0 Å². The van der Waals surface area contributed by atoms with E-state index in [0.717, 1.165) is 0 Å². The second-order valence-corrected chi connectivity index (χ2v) is 3.37. The van der Waals surface area contributed by atoms with E-state index in [4.69, 9.17) is 4.74 Å². The molecule has 0 aromatic rings. The number of carbonyl (C=O) groups is 1. The van der Waals surface area contributed by atoms with Gasteiger partial charge in [-0.25, -0.2) is 4.79 Å². The predicted octanol–water partition coefficient (Wildman–Crippen LogP) is 1.63. The lowest BCUT2D eigenvalue weighted by molar-refractivity contribution is 0.0615. The Morgan fingerprint density at radius 2 is 2.14 bits per heavy atom. The van der Waals surface area contributed by atoms with Crippen LogP contribution in [0.3, 0.4) is 0 Å². The number of rotatable bonds is 1. The zero-order chi connectivity index (χ0) is 11.2.